The predicted octanol–water partition coefficient (Wildman–Crippen LogP) is 3.39. The highest BCUT2D eigenvalue weighted by Crippen LogP contribution is 2.19. The molecule has 1 N–H and O–H groups in total. The number of nitrogens with one attached hydrogen (secondary N) is 1. The summed E-state index contributed by atoms with van der Waals surface area (Å²) in [7, 11) is 0. The summed E-state index contributed by atoms with van der Waals surface area (Å²) in [6, 6.07) is 4.11. The fourth-order valence-electron chi connectivity index (χ4n) is 1.44. The lowest BCUT2D eigenvalue weighted by molar-refractivity contribution is 0.420. The lowest BCUT2D eigenvalue weighted by atomic mass is 10.2. The molecule has 0 bridgehead atoms. The van der Waals surface area contributed by atoms with Gasteiger partial charge in [0.15, 0.2) is 4.67 Å². The molecule has 2 aromatic rings. The molecule has 0 amide bonds. The van der Waals surface area contributed by atoms with E-state index in [-0.39, 0.29) is 6.04 Å². The number of hydrogen-bond donors (Lipinski definition) is 1. The molecule has 86 valence electrons. The van der Waals surface area contributed by atoms with Crippen LogP contribution in [0.25, 0.3) is 0 Å². The zero-order valence-electron chi connectivity index (χ0n) is 8.94. The second kappa shape index (κ2) is 5.61. The van der Waals surface area contributed by atoms with Gasteiger partial charge in [0.25, 0.3) is 0 Å². The van der Waals surface area contributed by atoms with Crippen molar-refractivity contribution in [2.45, 2.75) is 19.4 Å². The fourth-order valence-corrected chi connectivity index (χ4v) is 2.35. The fraction of sp³-hybridized carbons (Fsp3) is 0.364. The molecule has 0 saturated carbocycles. The van der Waals surface area contributed by atoms with Crippen molar-refractivity contribution < 1.29 is 4.42 Å². The smallest absolute Gasteiger partial charge is 0.169 e. The van der Waals surface area contributed by atoms with E-state index in [1.165, 1.54) is 0 Å². The van der Waals surface area contributed by atoms with Crippen LogP contribution < -0.4 is 5.32 Å². The molecule has 2 rings (SSSR count). The summed E-state index contributed by atoms with van der Waals surface area (Å²) in [5.41, 5.74) is 3.01. The first-order valence-electron chi connectivity index (χ1n) is 5.11. The highest BCUT2D eigenvalue weighted by molar-refractivity contribution is 9.10. The van der Waals surface area contributed by atoms with Crippen LogP contribution >= 0.6 is 27.3 Å². The lowest BCUT2D eigenvalue weighted by Gasteiger charge is -2.10. The molecule has 0 saturated heterocycles. The van der Waals surface area contributed by atoms with Crippen LogP contribution in [0.2, 0.25) is 0 Å². The van der Waals surface area contributed by atoms with Crippen LogP contribution in [0.3, 0.4) is 0 Å². The maximum Gasteiger partial charge on any atom is 0.169 e. The van der Waals surface area contributed by atoms with Gasteiger partial charge in [-0.25, -0.2) is 4.98 Å². The average molecular weight is 301 g/mol. The Morgan fingerprint density at radius 3 is 3.06 bits per heavy atom. The predicted molar refractivity (Wildman–Crippen MR) is 68.6 cm³/mol. The zero-order chi connectivity index (χ0) is 11.4. The van der Waals surface area contributed by atoms with E-state index in [9.17, 15) is 0 Å². The van der Waals surface area contributed by atoms with Crippen molar-refractivity contribution in [3.63, 3.8) is 0 Å². The van der Waals surface area contributed by atoms with Gasteiger partial charge in [-0.05, 0) is 35.0 Å². The number of thiazole rings is 1. The second-order valence-corrected chi connectivity index (χ2v) is 5.05. The van der Waals surface area contributed by atoms with Gasteiger partial charge >= 0.3 is 0 Å². The minimum absolute atomic E-state index is 0.227. The van der Waals surface area contributed by atoms with Gasteiger partial charge in [0.05, 0.1) is 17.2 Å². The second-order valence-electron chi connectivity index (χ2n) is 3.55. The van der Waals surface area contributed by atoms with E-state index in [4.69, 9.17) is 4.42 Å². The maximum atomic E-state index is 5.47. The van der Waals surface area contributed by atoms with Gasteiger partial charge in [0, 0.05) is 18.3 Å². The Hall–Kier alpha value is -0.650. The first-order chi connectivity index (χ1) is 7.75. The van der Waals surface area contributed by atoms with Crippen molar-refractivity contribution in [3.8, 4) is 0 Å². The summed E-state index contributed by atoms with van der Waals surface area (Å²) in [5, 5.41) is 5.48. The van der Waals surface area contributed by atoms with E-state index in [1.807, 2.05) is 17.6 Å². The molecule has 2 heterocycles. The molecule has 0 aromatic carbocycles. The third-order valence-corrected chi connectivity index (χ3v) is 3.40. The number of nitrogens with zero attached hydrogens (tertiary/aromatic N) is 1. The number of aromatic nitrogens is 1. The molecule has 16 heavy (non-hydrogen) atoms. The molecule has 1 unspecified atom stereocenters. The van der Waals surface area contributed by atoms with Gasteiger partial charge in [-0.1, -0.05) is 0 Å². The summed E-state index contributed by atoms with van der Waals surface area (Å²) in [6.45, 7) is 3.00. The van der Waals surface area contributed by atoms with E-state index in [0.717, 1.165) is 29.1 Å². The highest BCUT2D eigenvalue weighted by atomic mass is 79.9. The lowest BCUT2D eigenvalue weighted by Crippen LogP contribution is -2.21. The summed E-state index contributed by atoms with van der Waals surface area (Å²) in [5.74, 6) is 0.949. The summed E-state index contributed by atoms with van der Waals surface area (Å²) in [4.78, 5) is 4.24. The zero-order valence-corrected chi connectivity index (χ0v) is 11.3. The van der Waals surface area contributed by atoms with Gasteiger partial charge in [-0.2, -0.15) is 0 Å². The molecule has 0 fully saturated rings. The van der Waals surface area contributed by atoms with Gasteiger partial charge in [0.2, 0.25) is 0 Å². The number of halogens is 1. The highest BCUT2D eigenvalue weighted by Gasteiger charge is 2.08. The van der Waals surface area contributed by atoms with Crippen LogP contribution in [0, 0.1) is 0 Å². The summed E-state index contributed by atoms with van der Waals surface area (Å²) in [6.07, 6.45) is 0.954. The minimum Gasteiger partial charge on any atom is -0.453 e. The first-order valence-corrected chi connectivity index (χ1v) is 6.85. The Bertz CT molecular complexity index is 427. The molecule has 2 aromatic heterocycles. The minimum atomic E-state index is 0.227. The van der Waals surface area contributed by atoms with Crippen LogP contribution in [-0.2, 0) is 6.42 Å². The number of rotatable bonds is 5. The van der Waals surface area contributed by atoms with Gasteiger partial charge in [0.1, 0.15) is 5.76 Å². The molecule has 0 aliphatic rings. The van der Waals surface area contributed by atoms with Crippen LogP contribution in [0.5, 0.6) is 0 Å². The number of hydrogen-bond acceptors (Lipinski definition) is 4. The van der Waals surface area contributed by atoms with Gasteiger partial charge < -0.3 is 9.73 Å². The van der Waals surface area contributed by atoms with Crippen molar-refractivity contribution in [1.82, 2.24) is 10.3 Å². The van der Waals surface area contributed by atoms with E-state index < -0.39 is 0 Å². The van der Waals surface area contributed by atoms with Crippen molar-refractivity contribution in [1.29, 1.82) is 0 Å². The van der Waals surface area contributed by atoms with E-state index in [1.54, 1.807) is 11.3 Å². The largest absolute Gasteiger partial charge is 0.453 e. The standard InChI is InChI=1S/C11H13BrN2OS/c1-8(10-2-3-11(12)15-10)13-5-4-9-6-16-7-14-9/h2-3,6-8,13H,4-5H2,1H3. The monoisotopic (exact) mass is 300 g/mol. The average Bonchev–Trinajstić information content (AvgIpc) is 2.89. The van der Waals surface area contributed by atoms with E-state index in [0.29, 0.717) is 0 Å². The molecule has 3 nitrogen and oxygen atoms in total. The van der Waals surface area contributed by atoms with Gasteiger partial charge in [-0.3, -0.25) is 0 Å². The van der Waals surface area contributed by atoms with Crippen molar-refractivity contribution in [3.05, 3.63) is 39.1 Å². The molecular weight excluding hydrogens is 288 g/mol. The normalized spacial score (nSPS) is 12.9. The Morgan fingerprint density at radius 2 is 2.44 bits per heavy atom. The third kappa shape index (κ3) is 3.17. The summed E-state index contributed by atoms with van der Waals surface area (Å²) >= 11 is 4.93. The SMILES string of the molecule is CC(NCCc1cscn1)c1ccc(Br)o1. The van der Waals surface area contributed by atoms with Crippen molar-refractivity contribution >= 4 is 27.3 Å². The Kier molecular flexibility index (Phi) is 4.15. The van der Waals surface area contributed by atoms with E-state index >= 15 is 0 Å². The molecule has 0 aliphatic heterocycles. The maximum absolute atomic E-state index is 5.47. The molecule has 1 atom stereocenters. The topological polar surface area (TPSA) is 38.1 Å². The number of furan rings is 1. The molecular formula is C11H13BrN2OS. The summed E-state index contributed by atoms with van der Waals surface area (Å²) < 4.78 is 6.25. The Balaban J connectivity index is 1.78. The van der Waals surface area contributed by atoms with Crippen LogP contribution in [0.4, 0.5) is 0 Å². The Morgan fingerprint density at radius 1 is 1.56 bits per heavy atom. The third-order valence-electron chi connectivity index (χ3n) is 2.34. The molecule has 5 heteroatoms. The van der Waals surface area contributed by atoms with Crippen LogP contribution in [-0.4, -0.2) is 11.5 Å². The Labute approximate surface area is 107 Å². The van der Waals surface area contributed by atoms with Crippen LogP contribution in [0.15, 0.2) is 32.1 Å². The quantitative estimate of drug-likeness (QED) is 0.920. The van der Waals surface area contributed by atoms with Crippen molar-refractivity contribution in [2.24, 2.45) is 0 Å². The molecule has 0 radical (unpaired) electrons. The van der Waals surface area contributed by atoms with Gasteiger partial charge in [-0.15, -0.1) is 11.3 Å². The van der Waals surface area contributed by atoms with Crippen molar-refractivity contribution in [2.75, 3.05) is 6.54 Å². The molecule has 0 aliphatic carbocycles. The first kappa shape index (κ1) is 11.8. The molecule has 0 spiro atoms. The van der Waals surface area contributed by atoms with Crippen LogP contribution in [0.1, 0.15) is 24.4 Å². The van der Waals surface area contributed by atoms with E-state index in [2.05, 4.69) is 38.5 Å².